The van der Waals surface area contributed by atoms with Gasteiger partial charge in [-0.05, 0) is 34.4 Å². The highest BCUT2D eigenvalue weighted by Gasteiger charge is 2.38. The third kappa shape index (κ3) is 1.60. The molecular weight excluding hydrogens is 234 g/mol. The van der Waals surface area contributed by atoms with E-state index in [0.717, 1.165) is 5.57 Å². The summed E-state index contributed by atoms with van der Waals surface area (Å²) in [5.41, 5.74) is 3.35. The van der Waals surface area contributed by atoms with E-state index in [0.29, 0.717) is 6.54 Å². The van der Waals surface area contributed by atoms with Gasteiger partial charge in [-0.1, -0.05) is 43.0 Å². The van der Waals surface area contributed by atoms with Crippen LogP contribution in [0.5, 0.6) is 0 Å². The minimum absolute atomic E-state index is 0.00263. The molecule has 96 valence electrons. The lowest BCUT2D eigenvalue weighted by molar-refractivity contribution is -0.119. The summed E-state index contributed by atoms with van der Waals surface area (Å²) in [6.07, 6.45) is 0. The van der Waals surface area contributed by atoms with Gasteiger partial charge in [0.1, 0.15) is 0 Å². The van der Waals surface area contributed by atoms with Crippen molar-refractivity contribution in [3.63, 3.8) is 0 Å². The van der Waals surface area contributed by atoms with Crippen molar-refractivity contribution in [1.82, 2.24) is 5.32 Å². The van der Waals surface area contributed by atoms with Crippen LogP contribution in [0.15, 0.2) is 43.0 Å². The molecule has 0 heterocycles. The molecule has 2 nitrogen and oxygen atoms in total. The summed E-state index contributed by atoms with van der Waals surface area (Å²) in [7, 11) is 0. The fourth-order valence-electron chi connectivity index (χ4n) is 3.02. The number of amides is 1. The molecule has 1 N–H and O–H groups in total. The highest BCUT2D eigenvalue weighted by Crippen LogP contribution is 2.48. The first-order chi connectivity index (χ1) is 9.04. The standard InChI is InChI=1S/C17H17NO/c1-11-14-8-4-6-13-7-5-9-15(16(13)14)17(11,3)10-18-12(2)19/h4-9H,1,10H2,2-3H3,(H,18,19). The van der Waals surface area contributed by atoms with E-state index in [1.807, 2.05) is 0 Å². The first-order valence-corrected chi connectivity index (χ1v) is 6.50. The first kappa shape index (κ1) is 12.0. The number of nitrogens with one attached hydrogen (secondary N) is 1. The average Bonchev–Trinajstić information content (AvgIpc) is 2.62. The van der Waals surface area contributed by atoms with Gasteiger partial charge in [0.05, 0.1) is 0 Å². The predicted molar refractivity (Wildman–Crippen MR) is 79.0 cm³/mol. The maximum absolute atomic E-state index is 11.2. The van der Waals surface area contributed by atoms with Crippen LogP contribution in [-0.2, 0) is 10.2 Å². The summed E-state index contributed by atoms with van der Waals surface area (Å²) in [6, 6.07) is 12.7. The summed E-state index contributed by atoms with van der Waals surface area (Å²) in [6.45, 7) is 8.57. The van der Waals surface area contributed by atoms with Crippen LogP contribution >= 0.6 is 0 Å². The molecule has 0 saturated carbocycles. The van der Waals surface area contributed by atoms with Gasteiger partial charge in [0.2, 0.25) is 5.91 Å². The Morgan fingerprint density at radius 3 is 2.63 bits per heavy atom. The molecule has 1 amide bonds. The Kier molecular flexibility index (Phi) is 2.49. The van der Waals surface area contributed by atoms with E-state index in [-0.39, 0.29) is 11.3 Å². The topological polar surface area (TPSA) is 29.1 Å². The van der Waals surface area contributed by atoms with Crippen LogP contribution < -0.4 is 5.32 Å². The Balaban J connectivity index is 2.20. The summed E-state index contributed by atoms with van der Waals surface area (Å²) < 4.78 is 0. The van der Waals surface area contributed by atoms with Crippen LogP contribution in [0.1, 0.15) is 25.0 Å². The zero-order valence-corrected chi connectivity index (χ0v) is 11.3. The van der Waals surface area contributed by atoms with Crippen LogP contribution in [0.4, 0.5) is 0 Å². The van der Waals surface area contributed by atoms with E-state index >= 15 is 0 Å². The van der Waals surface area contributed by atoms with E-state index in [9.17, 15) is 4.79 Å². The SMILES string of the molecule is C=C1c2cccc3cccc(c23)C1(C)CNC(C)=O. The van der Waals surface area contributed by atoms with Crippen molar-refractivity contribution < 1.29 is 4.79 Å². The second-order valence-electron chi connectivity index (χ2n) is 5.43. The van der Waals surface area contributed by atoms with E-state index < -0.39 is 0 Å². The Morgan fingerprint density at radius 1 is 1.26 bits per heavy atom. The number of carbonyl (C=O) groups is 1. The number of hydrogen-bond donors (Lipinski definition) is 1. The van der Waals surface area contributed by atoms with Gasteiger partial charge in [-0.2, -0.15) is 0 Å². The first-order valence-electron chi connectivity index (χ1n) is 6.50. The molecule has 0 radical (unpaired) electrons. The highest BCUT2D eigenvalue weighted by atomic mass is 16.1. The van der Waals surface area contributed by atoms with Crippen LogP contribution in [0.25, 0.3) is 16.3 Å². The van der Waals surface area contributed by atoms with Crippen molar-refractivity contribution in [3.05, 3.63) is 54.1 Å². The van der Waals surface area contributed by atoms with Gasteiger partial charge < -0.3 is 5.32 Å². The quantitative estimate of drug-likeness (QED) is 0.872. The van der Waals surface area contributed by atoms with Gasteiger partial charge in [-0.3, -0.25) is 4.79 Å². The Hall–Kier alpha value is -2.09. The van der Waals surface area contributed by atoms with Crippen LogP contribution in [0, 0.1) is 0 Å². The van der Waals surface area contributed by atoms with Gasteiger partial charge in [-0.25, -0.2) is 0 Å². The molecule has 2 aromatic carbocycles. The molecule has 0 bridgehead atoms. The average molecular weight is 251 g/mol. The third-order valence-corrected chi connectivity index (χ3v) is 4.18. The Morgan fingerprint density at radius 2 is 1.95 bits per heavy atom. The summed E-state index contributed by atoms with van der Waals surface area (Å²) in [4.78, 5) is 11.2. The molecule has 1 unspecified atom stereocenters. The number of hydrogen-bond acceptors (Lipinski definition) is 1. The van der Waals surface area contributed by atoms with Crippen molar-refractivity contribution in [2.45, 2.75) is 19.3 Å². The van der Waals surface area contributed by atoms with Crippen LogP contribution in [0.3, 0.4) is 0 Å². The lowest BCUT2D eigenvalue weighted by Gasteiger charge is -2.27. The molecule has 3 rings (SSSR count). The van der Waals surface area contributed by atoms with Crippen molar-refractivity contribution in [2.75, 3.05) is 6.54 Å². The fourth-order valence-corrected chi connectivity index (χ4v) is 3.02. The van der Waals surface area contributed by atoms with E-state index in [1.165, 1.54) is 21.9 Å². The molecule has 0 aromatic heterocycles. The molecule has 0 spiro atoms. The van der Waals surface area contributed by atoms with Crippen molar-refractivity contribution in [1.29, 1.82) is 0 Å². The number of rotatable bonds is 2. The zero-order valence-electron chi connectivity index (χ0n) is 11.3. The van der Waals surface area contributed by atoms with Crippen molar-refractivity contribution in [2.24, 2.45) is 0 Å². The van der Waals surface area contributed by atoms with Gasteiger partial charge in [-0.15, -0.1) is 0 Å². The summed E-state index contributed by atoms with van der Waals surface area (Å²) in [5, 5.41) is 5.46. The minimum atomic E-state index is -0.213. The van der Waals surface area contributed by atoms with Gasteiger partial charge in [0, 0.05) is 18.9 Å². The zero-order chi connectivity index (χ0) is 13.6. The normalized spacial score (nSPS) is 20.8. The lowest BCUT2D eigenvalue weighted by atomic mass is 9.80. The Bertz CT molecular complexity index is 696. The van der Waals surface area contributed by atoms with Crippen LogP contribution in [-0.4, -0.2) is 12.5 Å². The smallest absolute Gasteiger partial charge is 0.216 e. The second kappa shape index (κ2) is 3.95. The van der Waals surface area contributed by atoms with E-state index in [1.54, 1.807) is 6.92 Å². The van der Waals surface area contributed by atoms with Gasteiger partial charge >= 0.3 is 0 Å². The largest absolute Gasteiger partial charge is 0.355 e. The third-order valence-electron chi connectivity index (χ3n) is 4.18. The van der Waals surface area contributed by atoms with Gasteiger partial charge in [0.15, 0.2) is 0 Å². The molecule has 1 atom stereocenters. The van der Waals surface area contributed by atoms with Crippen molar-refractivity contribution in [3.8, 4) is 0 Å². The molecule has 0 saturated heterocycles. The fraction of sp³-hybridized carbons (Fsp3) is 0.235. The molecule has 19 heavy (non-hydrogen) atoms. The molecule has 0 fully saturated rings. The summed E-state index contributed by atoms with van der Waals surface area (Å²) in [5.74, 6) is -0.00263. The maximum Gasteiger partial charge on any atom is 0.216 e. The second-order valence-corrected chi connectivity index (χ2v) is 5.43. The minimum Gasteiger partial charge on any atom is -0.355 e. The highest BCUT2D eigenvalue weighted by molar-refractivity contribution is 6.04. The Labute approximate surface area is 113 Å². The van der Waals surface area contributed by atoms with E-state index in [4.69, 9.17) is 0 Å². The van der Waals surface area contributed by atoms with Crippen LogP contribution in [0.2, 0.25) is 0 Å². The summed E-state index contributed by atoms with van der Waals surface area (Å²) >= 11 is 0. The van der Waals surface area contributed by atoms with Crippen molar-refractivity contribution >= 4 is 22.3 Å². The molecular formula is C17H17NO. The number of carbonyl (C=O) groups excluding carboxylic acids is 1. The molecule has 0 aliphatic heterocycles. The van der Waals surface area contributed by atoms with Gasteiger partial charge in [0.25, 0.3) is 0 Å². The van der Waals surface area contributed by atoms with E-state index in [2.05, 4.69) is 55.2 Å². The lowest BCUT2D eigenvalue weighted by Crippen LogP contribution is -2.36. The molecule has 2 aromatic rings. The predicted octanol–water partition coefficient (Wildman–Crippen LogP) is 3.26. The molecule has 1 aliphatic carbocycles. The number of benzene rings is 2. The molecule has 2 heteroatoms. The monoisotopic (exact) mass is 251 g/mol. The maximum atomic E-state index is 11.2. The molecule has 1 aliphatic rings.